The van der Waals surface area contributed by atoms with Crippen molar-refractivity contribution >= 4 is 12.0 Å². The molecule has 2 amide bonds. The average Bonchev–Trinajstić information content (AvgIpc) is 3.33. The SMILES string of the molecule is CCC1(C(=O)O)CCCN1C(=O)NC(C1CC1)C1CC1. The molecule has 3 rings (SSSR count). The first kappa shape index (κ1) is 13.7. The van der Waals surface area contributed by atoms with E-state index in [0.29, 0.717) is 31.2 Å². The number of amides is 2. The van der Waals surface area contributed by atoms with Crippen LogP contribution in [-0.4, -0.2) is 40.1 Å². The molecule has 3 aliphatic rings. The third-order valence-corrected chi connectivity index (χ3v) is 5.27. The fourth-order valence-electron chi connectivity index (χ4n) is 3.67. The van der Waals surface area contributed by atoms with Crippen molar-refractivity contribution in [3.8, 4) is 0 Å². The highest BCUT2D eigenvalue weighted by Gasteiger charge is 2.50. The van der Waals surface area contributed by atoms with E-state index in [1.165, 1.54) is 25.7 Å². The summed E-state index contributed by atoms with van der Waals surface area (Å²) in [5.41, 5.74) is -0.984. The molecule has 20 heavy (non-hydrogen) atoms. The molecule has 2 saturated carbocycles. The predicted octanol–water partition coefficient (Wildman–Crippen LogP) is 2.21. The molecule has 1 aliphatic heterocycles. The number of carbonyl (C=O) groups excluding carboxylic acids is 1. The molecule has 5 heteroatoms. The van der Waals surface area contributed by atoms with Crippen molar-refractivity contribution in [2.45, 2.75) is 63.5 Å². The van der Waals surface area contributed by atoms with Crippen molar-refractivity contribution in [1.29, 1.82) is 0 Å². The van der Waals surface area contributed by atoms with Gasteiger partial charge in [0.15, 0.2) is 0 Å². The van der Waals surface area contributed by atoms with Crippen molar-refractivity contribution in [3.63, 3.8) is 0 Å². The van der Waals surface area contributed by atoms with Gasteiger partial charge in [0.25, 0.3) is 0 Å². The second kappa shape index (κ2) is 4.93. The Balaban J connectivity index is 1.70. The van der Waals surface area contributed by atoms with Crippen LogP contribution in [0, 0.1) is 11.8 Å². The summed E-state index contributed by atoms with van der Waals surface area (Å²) in [6.07, 6.45) is 6.67. The Hall–Kier alpha value is -1.26. The number of nitrogens with zero attached hydrogens (tertiary/aromatic N) is 1. The molecule has 0 aromatic carbocycles. The second-order valence-electron chi connectivity index (χ2n) is 6.60. The monoisotopic (exact) mass is 280 g/mol. The predicted molar refractivity (Wildman–Crippen MR) is 74.4 cm³/mol. The van der Waals surface area contributed by atoms with E-state index in [1.807, 2.05) is 6.92 Å². The van der Waals surface area contributed by atoms with Gasteiger partial charge < -0.3 is 15.3 Å². The van der Waals surface area contributed by atoms with Gasteiger partial charge in [-0.2, -0.15) is 0 Å². The van der Waals surface area contributed by atoms with Crippen LogP contribution in [0.15, 0.2) is 0 Å². The van der Waals surface area contributed by atoms with E-state index < -0.39 is 11.5 Å². The standard InChI is InChI=1S/C15H24N2O3/c1-2-15(13(18)19)8-3-9-17(15)14(20)16-12(10-4-5-10)11-6-7-11/h10-12H,2-9H2,1H3,(H,16,20)(H,18,19). The maximum atomic E-state index is 12.6. The molecule has 2 N–H and O–H groups in total. The Morgan fingerprint density at radius 1 is 1.30 bits per heavy atom. The second-order valence-corrected chi connectivity index (χ2v) is 6.60. The van der Waals surface area contributed by atoms with Crippen LogP contribution in [0.4, 0.5) is 4.79 Å². The fraction of sp³-hybridized carbons (Fsp3) is 0.867. The highest BCUT2D eigenvalue weighted by molar-refractivity contribution is 5.87. The highest BCUT2D eigenvalue weighted by atomic mass is 16.4. The van der Waals surface area contributed by atoms with Crippen LogP contribution in [0.2, 0.25) is 0 Å². The van der Waals surface area contributed by atoms with E-state index in [-0.39, 0.29) is 12.1 Å². The first-order valence-electron chi connectivity index (χ1n) is 7.90. The van der Waals surface area contributed by atoms with E-state index in [9.17, 15) is 14.7 Å². The molecule has 3 fully saturated rings. The smallest absolute Gasteiger partial charge is 0.329 e. The lowest BCUT2D eigenvalue weighted by atomic mass is 9.93. The van der Waals surface area contributed by atoms with Gasteiger partial charge in [-0.3, -0.25) is 0 Å². The zero-order valence-electron chi connectivity index (χ0n) is 12.1. The number of carboxylic acids is 1. The maximum Gasteiger partial charge on any atom is 0.329 e. The Labute approximate surface area is 119 Å². The lowest BCUT2D eigenvalue weighted by Crippen LogP contribution is -2.57. The molecule has 1 heterocycles. The van der Waals surface area contributed by atoms with E-state index in [2.05, 4.69) is 5.32 Å². The number of hydrogen-bond donors (Lipinski definition) is 2. The Kier molecular flexibility index (Phi) is 3.38. The van der Waals surface area contributed by atoms with Crippen LogP contribution < -0.4 is 5.32 Å². The lowest BCUT2D eigenvalue weighted by molar-refractivity contribution is -0.148. The van der Waals surface area contributed by atoms with Crippen LogP contribution in [-0.2, 0) is 4.79 Å². The molecule has 5 nitrogen and oxygen atoms in total. The summed E-state index contributed by atoms with van der Waals surface area (Å²) in [7, 11) is 0. The summed E-state index contributed by atoms with van der Waals surface area (Å²) >= 11 is 0. The van der Waals surface area contributed by atoms with Crippen LogP contribution in [0.1, 0.15) is 51.9 Å². The number of carboxylic acid groups (broad SMARTS) is 1. The highest BCUT2D eigenvalue weighted by Crippen LogP contribution is 2.45. The van der Waals surface area contributed by atoms with Gasteiger partial charge in [-0.1, -0.05) is 6.92 Å². The number of urea groups is 1. The molecule has 0 spiro atoms. The fourth-order valence-corrected chi connectivity index (χ4v) is 3.67. The zero-order valence-corrected chi connectivity index (χ0v) is 12.1. The summed E-state index contributed by atoms with van der Waals surface area (Å²) in [5.74, 6) is 0.409. The molecule has 2 aliphatic carbocycles. The topological polar surface area (TPSA) is 69.6 Å². The summed E-state index contributed by atoms with van der Waals surface area (Å²) < 4.78 is 0. The quantitative estimate of drug-likeness (QED) is 0.811. The first-order valence-corrected chi connectivity index (χ1v) is 7.90. The Morgan fingerprint density at radius 2 is 1.90 bits per heavy atom. The maximum absolute atomic E-state index is 12.6. The molecular formula is C15H24N2O3. The van der Waals surface area contributed by atoms with Gasteiger partial charge in [-0.25, -0.2) is 9.59 Å². The number of carbonyl (C=O) groups is 2. The third-order valence-electron chi connectivity index (χ3n) is 5.27. The van der Waals surface area contributed by atoms with Gasteiger partial charge in [-0.05, 0) is 56.8 Å². The number of nitrogens with one attached hydrogen (secondary N) is 1. The van der Waals surface area contributed by atoms with Crippen molar-refractivity contribution in [3.05, 3.63) is 0 Å². The van der Waals surface area contributed by atoms with Crippen LogP contribution in [0.5, 0.6) is 0 Å². The summed E-state index contributed by atoms with van der Waals surface area (Å²) in [6, 6.07) is 0.127. The van der Waals surface area contributed by atoms with Crippen molar-refractivity contribution < 1.29 is 14.7 Å². The molecule has 0 aromatic rings. The number of likely N-dealkylation sites (tertiary alicyclic amines) is 1. The van der Waals surface area contributed by atoms with E-state index in [4.69, 9.17) is 0 Å². The minimum Gasteiger partial charge on any atom is -0.479 e. The van der Waals surface area contributed by atoms with Crippen molar-refractivity contribution in [2.75, 3.05) is 6.54 Å². The largest absolute Gasteiger partial charge is 0.479 e. The first-order chi connectivity index (χ1) is 9.58. The molecular weight excluding hydrogens is 256 g/mol. The van der Waals surface area contributed by atoms with Crippen LogP contribution >= 0.6 is 0 Å². The summed E-state index contributed by atoms with van der Waals surface area (Å²) in [5, 5.41) is 12.7. The molecule has 112 valence electrons. The number of hydrogen-bond acceptors (Lipinski definition) is 2. The van der Waals surface area contributed by atoms with Gasteiger partial charge >= 0.3 is 12.0 Å². The normalized spacial score (nSPS) is 29.8. The van der Waals surface area contributed by atoms with E-state index in [1.54, 1.807) is 4.90 Å². The van der Waals surface area contributed by atoms with Gasteiger partial charge in [0, 0.05) is 12.6 Å². The Bertz CT molecular complexity index is 405. The molecule has 0 bridgehead atoms. The third kappa shape index (κ3) is 2.27. The molecule has 1 saturated heterocycles. The van der Waals surface area contributed by atoms with Crippen molar-refractivity contribution in [1.82, 2.24) is 10.2 Å². The van der Waals surface area contributed by atoms with Crippen molar-refractivity contribution in [2.24, 2.45) is 11.8 Å². The van der Waals surface area contributed by atoms with Gasteiger partial charge in [0.1, 0.15) is 5.54 Å². The van der Waals surface area contributed by atoms with E-state index >= 15 is 0 Å². The molecule has 0 aromatic heterocycles. The number of aliphatic carboxylic acids is 1. The molecule has 1 unspecified atom stereocenters. The van der Waals surface area contributed by atoms with Gasteiger partial charge in [0.2, 0.25) is 0 Å². The molecule has 1 atom stereocenters. The average molecular weight is 280 g/mol. The van der Waals surface area contributed by atoms with Gasteiger partial charge in [0.05, 0.1) is 0 Å². The minimum absolute atomic E-state index is 0.157. The zero-order chi connectivity index (χ0) is 14.3. The van der Waals surface area contributed by atoms with Crippen LogP contribution in [0.25, 0.3) is 0 Å². The summed E-state index contributed by atoms with van der Waals surface area (Å²) in [4.78, 5) is 25.8. The Morgan fingerprint density at radius 3 is 2.35 bits per heavy atom. The molecule has 0 radical (unpaired) electrons. The summed E-state index contributed by atoms with van der Waals surface area (Å²) in [6.45, 7) is 2.42. The van der Waals surface area contributed by atoms with Crippen LogP contribution in [0.3, 0.4) is 0 Å². The van der Waals surface area contributed by atoms with E-state index in [0.717, 1.165) is 6.42 Å². The van der Waals surface area contributed by atoms with Gasteiger partial charge in [-0.15, -0.1) is 0 Å². The number of rotatable bonds is 5. The lowest BCUT2D eigenvalue weighted by Gasteiger charge is -2.35. The minimum atomic E-state index is -0.984.